The Labute approximate surface area is 144 Å². The third kappa shape index (κ3) is 1.91. The largest absolute Gasteiger partial charge is 0.507 e. The zero-order valence-corrected chi connectivity index (χ0v) is 13.5. The van der Waals surface area contributed by atoms with Crippen molar-refractivity contribution in [1.82, 2.24) is 4.57 Å². The number of ketones is 1. The Kier molecular flexibility index (Phi) is 2.88. The lowest BCUT2D eigenvalue weighted by Gasteiger charge is -2.07. The van der Waals surface area contributed by atoms with Crippen LogP contribution in [0.25, 0.3) is 21.7 Å². The average Bonchev–Trinajstić information content (AvgIpc) is 3.22. The van der Waals surface area contributed by atoms with E-state index in [-0.39, 0.29) is 11.5 Å². The first-order chi connectivity index (χ1) is 12.3. The zero-order valence-electron chi connectivity index (χ0n) is 13.5. The summed E-state index contributed by atoms with van der Waals surface area (Å²) in [5.74, 6) is 1.03. The number of rotatable bonds is 2. The number of hydrogen-bond acceptors (Lipinski definition) is 3. The first-order valence-corrected chi connectivity index (χ1v) is 8.36. The minimum absolute atomic E-state index is 0.0246. The van der Waals surface area contributed by atoms with Crippen molar-refractivity contribution in [2.45, 2.75) is 6.54 Å². The fourth-order valence-corrected chi connectivity index (χ4v) is 3.85. The van der Waals surface area contributed by atoms with Gasteiger partial charge in [-0.25, -0.2) is 0 Å². The summed E-state index contributed by atoms with van der Waals surface area (Å²) in [6, 6.07) is 18.8. The number of carbonyl (C=O) groups is 1. The molecule has 2 heterocycles. The van der Waals surface area contributed by atoms with Crippen LogP contribution in [0.3, 0.4) is 0 Å². The van der Waals surface area contributed by atoms with Crippen molar-refractivity contribution in [3.63, 3.8) is 0 Å². The molecular formula is C21H16N2O2. The molecule has 3 aromatic carbocycles. The smallest absolute Gasteiger partial charge is 0.197 e. The molecule has 0 radical (unpaired) electrons. The highest BCUT2D eigenvalue weighted by Crippen LogP contribution is 2.41. The van der Waals surface area contributed by atoms with Gasteiger partial charge in [-0.3, -0.25) is 4.79 Å². The van der Waals surface area contributed by atoms with Gasteiger partial charge < -0.3 is 15.0 Å². The Morgan fingerprint density at radius 1 is 0.960 bits per heavy atom. The highest BCUT2D eigenvalue weighted by Gasteiger charge is 2.28. The number of hydrogen-bond donors (Lipinski definition) is 2. The number of fused-ring (bicyclic) bond motifs is 5. The third-order valence-electron chi connectivity index (χ3n) is 4.93. The first-order valence-electron chi connectivity index (χ1n) is 8.36. The van der Waals surface area contributed by atoms with E-state index < -0.39 is 0 Å². The molecule has 0 aliphatic carbocycles. The molecule has 122 valence electrons. The molecule has 25 heavy (non-hydrogen) atoms. The van der Waals surface area contributed by atoms with Crippen molar-refractivity contribution < 1.29 is 9.90 Å². The molecule has 5 rings (SSSR count). The standard InChI is InChI=1S/C21H16N2O2/c24-17-12-16-18(20(25)13-6-2-1-3-7-13)21-22-10-11-23(21)19(16)15-9-5-4-8-14(15)17/h1-9,12,22,24H,10-11H2. The van der Waals surface area contributed by atoms with Crippen molar-refractivity contribution >= 4 is 33.3 Å². The van der Waals surface area contributed by atoms with E-state index in [9.17, 15) is 9.90 Å². The molecule has 4 aromatic rings. The number of aromatic nitrogens is 1. The van der Waals surface area contributed by atoms with Gasteiger partial charge in [0.15, 0.2) is 5.78 Å². The highest BCUT2D eigenvalue weighted by atomic mass is 16.3. The van der Waals surface area contributed by atoms with Gasteiger partial charge in [-0.1, -0.05) is 54.6 Å². The number of anilines is 1. The molecule has 1 aromatic heterocycles. The minimum atomic E-state index is -0.0246. The Hall–Kier alpha value is -3.27. The molecule has 0 atom stereocenters. The number of benzene rings is 3. The molecule has 0 unspecified atom stereocenters. The van der Waals surface area contributed by atoms with Gasteiger partial charge in [0, 0.05) is 34.8 Å². The maximum absolute atomic E-state index is 13.2. The van der Waals surface area contributed by atoms with E-state index >= 15 is 0 Å². The molecule has 0 saturated heterocycles. The summed E-state index contributed by atoms with van der Waals surface area (Å²) >= 11 is 0. The Bertz CT molecular complexity index is 1140. The highest BCUT2D eigenvalue weighted by molar-refractivity contribution is 6.24. The van der Waals surface area contributed by atoms with Crippen molar-refractivity contribution in [2.75, 3.05) is 11.9 Å². The molecule has 0 amide bonds. The van der Waals surface area contributed by atoms with Crippen molar-refractivity contribution in [1.29, 1.82) is 0 Å². The van der Waals surface area contributed by atoms with Crippen LogP contribution in [-0.2, 0) is 6.54 Å². The number of phenols is 1. The maximum Gasteiger partial charge on any atom is 0.197 e. The monoisotopic (exact) mass is 328 g/mol. The van der Waals surface area contributed by atoms with E-state index in [4.69, 9.17) is 0 Å². The van der Waals surface area contributed by atoms with Gasteiger partial charge in [0.25, 0.3) is 0 Å². The van der Waals surface area contributed by atoms with Crippen LogP contribution >= 0.6 is 0 Å². The molecule has 4 heteroatoms. The molecule has 1 aliphatic heterocycles. The summed E-state index contributed by atoms with van der Waals surface area (Å²) in [4.78, 5) is 13.2. The van der Waals surface area contributed by atoms with Crippen LogP contribution in [0.15, 0.2) is 60.7 Å². The Balaban J connectivity index is 1.90. The SMILES string of the molecule is O=C(c1ccccc1)c1c2n(c3c1cc(O)c1ccccc13)CCN2. The summed E-state index contributed by atoms with van der Waals surface area (Å²) in [6.07, 6.45) is 0. The second kappa shape index (κ2) is 5.11. The van der Waals surface area contributed by atoms with Gasteiger partial charge in [-0.15, -0.1) is 0 Å². The molecular weight excluding hydrogens is 312 g/mol. The average molecular weight is 328 g/mol. The quantitative estimate of drug-likeness (QED) is 0.543. The van der Waals surface area contributed by atoms with Crippen LogP contribution < -0.4 is 5.32 Å². The van der Waals surface area contributed by atoms with Crippen molar-refractivity contribution in [3.8, 4) is 5.75 Å². The lowest BCUT2D eigenvalue weighted by Crippen LogP contribution is -2.04. The van der Waals surface area contributed by atoms with Gasteiger partial charge in [0.1, 0.15) is 11.6 Å². The lowest BCUT2D eigenvalue weighted by molar-refractivity contribution is 0.104. The van der Waals surface area contributed by atoms with E-state index in [2.05, 4.69) is 9.88 Å². The molecule has 0 spiro atoms. The fraction of sp³-hybridized carbons (Fsp3) is 0.0952. The van der Waals surface area contributed by atoms with Crippen molar-refractivity contribution in [3.05, 3.63) is 71.8 Å². The summed E-state index contributed by atoms with van der Waals surface area (Å²) in [5, 5.41) is 16.4. The van der Waals surface area contributed by atoms with Gasteiger partial charge in [0.2, 0.25) is 0 Å². The topological polar surface area (TPSA) is 54.3 Å². The van der Waals surface area contributed by atoms with Crippen LogP contribution in [0.1, 0.15) is 15.9 Å². The summed E-state index contributed by atoms with van der Waals surface area (Å²) < 4.78 is 2.16. The second-order valence-corrected chi connectivity index (χ2v) is 6.33. The second-order valence-electron chi connectivity index (χ2n) is 6.33. The van der Waals surface area contributed by atoms with E-state index in [1.165, 1.54) is 0 Å². The third-order valence-corrected chi connectivity index (χ3v) is 4.93. The summed E-state index contributed by atoms with van der Waals surface area (Å²) in [5.41, 5.74) is 2.30. The summed E-state index contributed by atoms with van der Waals surface area (Å²) in [7, 11) is 0. The zero-order chi connectivity index (χ0) is 17.0. The van der Waals surface area contributed by atoms with Gasteiger partial charge in [0.05, 0.1) is 11.1 Å². The molecule has 1 aliphatic rings. The van der Waals surface area contributed by atoms with E-state index in [0.717, 1.165) is 40.6 Å². The normalized spacial score (nSPS) is 13.1. The number of aromatic hydroxyl groups is 1. The maximum atomic E-state index is 13.2. The van der Waals surface area contributed by atoms with Crippen LogP contribution in [0.5, 0.6) is 5.75 Å². The van der Waals surface area contributed by atoms with E-state index in [1.807, 2.05) is 54.6 Å². The van der Waals surface area contributed by atoms with Gasteiger partial charge >= 0.3 is 0 Å². The number of carbonyl (C=O) groups excluding carboxylic acids is 1. The fourth-order valence-electron chi connectivity index (χ4n) is 3.85. The number of phenolic OH excluding ortho intramolecular Hbond substituents is 1. The van der Waals surface area contributed by atoms with Crippen molar-refractivity contribution in [2.24, 2.45) is 0 Å². The Morgan fingerprint density at radius 2 is 1.68 bits per heavy atom. The van der Waals surface area contributed by atoms with Gasteiger partial charge in [-0.2, -0.15) is 0 Å². The van der Waals surface area contributed by atoms with Crippen LogP contribution in [0.2, 0.25) is 0 Å². The molecule has 0 bridgehead atoms. The number of nitrogens with zero attached hydrogens (tertiary/aromatic N) is 1. The molecule has 2 N–H and O–H groups in total. The summed E-state index contributed by atoms with van der Waals surface area (Å²) in [6.45, 7) is 1.61. The van der Waals surface area contributed by atoms with E-state index in [1.54, 1.807) is 6.07 Å². The van der Waals surface area contributed by atoms with Crippen LogP contribution in [0, 0.1) is 0 Å². The molecule has 0 fully saturated rings. The predicted molar refractivity (Wildman–Crippen MR) is 99.5 cm³/mol. The lowest BCUT2D eigenvalue weighted by atomic mass is 9.99. The van der Waals surface area contributed by atoms with Gasteiger partial charge in [-0.05, 0) is 6.07 Å². The molecule has 4 nitrogen and oxygen atoms in total. The molecule has 0 saturated carbocycles. The van der Waals surface area contributed by atoms with E-state index in [0.29, 0.717) is 11.1 Å². The predicted octanol–water partition coefficient (Wildman–Crippen LogP) is 4.16. The minimum Gasteiger partial charge on any atom is -0.507 e. The number of nitrogens with one attached hydrogen (secondary N) is 1. The first kappa shape index (κ1) is 14.1. The van der Waals surface area contributed by atoms with Crippen LogP contribution in [0.4, 0.5) is 5.82 Å². The Morgan fingerprint density at radius 3 is 2.48 bits per heavy atom. The van der Waals surface area contributed by atoms with Crippen LogP contribution in [-0.4, -0.2) is 22.0 Å².